The standard InChI is InChI=1S/C13H14O4/c1-3-17-13(15)11(14)9-8-10-6-4-5-7-12(10)16-2/h4-9H,3H2,1-2H3. The first-order valence-corrected chi connectivity index (χ1v) is 5.21. The smallest absolute Gasteiger partial charge is 0.379 e. The van der Waals surface area contributed by atoms with Gasteiger partial charge in [0.05, 0.1) is 13.7 Å². The third-order valence-corrected chi connectivity index (χ3v) is 2.03. The third kappa shape index (κ3) is 3.75. The Bertz CT molecular complexity index is 435. The largest absolute Gasteiger partial charge is 0.496 e. The number of carbonyl (C=O) groups is 2. The van der Waals surface area contributed by atoms with Gasteiger partial charge < -0.3 is 9.47 Å². The molecule has 0 atom stereocenters. The molecule has 0 spiro atoms. The van der Waals surface area contributed by atoms with Crippen LogP contribution < -0.4 is 4.74 Å². The molecule has 0 radical (unpaired) electrons. The number of hydrogen-bond acceptors (Lipinski definition) is 4. The van der Waals surface area contributed by atoms with Crippen molar-refractivity contribution in [3.63, 3.8) is 0 Å². The molecule has 1 rings (SSSR count). The van der Waals surface area contributed by atoms with Gasteiger partial charge in [-0.15, -0.1) is 0 Å². The van der Waals surface area contributed by atoms with Crippen LogP contribution in [-0.2, 0) is 14.3 Å². The fourth-order valence-corrected chi connectivity index (χ4v) is 1.24. The Morgan fingerprint density at radius 2 is 2.00 bits per heavy atom. The first-order chi connectivity index (χ1) is 8.19. The predicted molar refractivity (Wildman–Crippen MR) is 63.7 cm³/mol. The molecule has 4 heteroatoms. The molecule has 17 heavy (non-hydrogen) atoms. The summed E-state index contributed by atoms with van der Waals surface area (Å²) in [5.41, 5.74) is 0.729. The first-order valence-electron chi connectivity index (χ1n) is 5.21. The number of esters is 1. The zero-order valence-electron chi connectivity index (χ0n) is 9.80. The van der Waals surface area contributed by atoms with Gasteiger partial charge >= 0.3 is 5.97 Å². The molecule has 4 nitrogen and oxygen atoms in total. The molecular formula is C13H14O4. The van der Waals surface area contributed by atoms with Crippen molar-refractivity contribution in [2.75, 3.05) is 13.7 Å². The van der Waals surface area contributed by atoms with Crippen molar-refractivity contribution in [1.29, 1.82) is 0 Å². The molecule has 0 aliphatic heterocycles. The van der Waals surface area contributed by atoms with Crippen LogP contribution in [0, 0.1) is 0 Å². The van der Waals surface area contributed by atoms with Crippen molar-refractivity contribution in [3.05, 3.63) is 35.9 Å². The molecule has 0 fully saturated rings. The molecule has 0 heterocycles. The van der Waals surface area contributed by atoms with Gasteiger partial charge in [0.15, 0.2) is 0 Å². The lowest BCUT2D eigenvalue weighted by molar-refractivity contribution is -0.151. The fraction of sp³-hybridized carbons (Fsp3) is 0.231. The van der Waals surface area contributed by atoms with Crippen LogP contribution in [0.3, 0.4) is 0 Å². The number of rotatable bonds is 5. The second-order valence-corrected chi connectivity index (χ2v) is 3.16. The molecule has 0 amide bonds. The summed E-state index contributed by atoms with van der Waals surface area (Å²) in [7, 11) is 1.54. The van der Waals surface area contributed by atoms with E-state index in [-0.39, 0.29) is 6.61 Å². The van der Waals surface area contributed by atoms with E-state index in [1.54, 1.807) is 26.2 Å². The molecule has 0 N–H and O–H groups in total. The first kappa shape index (κ1) is 13.0. The average Bonchev–Trinajstić information content (AvgIpc) is 2.36. The minimum atomic E-state index is -0.848. The van der Waals surface area contributed by atoms with Crippen molar-refractivity contribution in [1.82, 2.24) is 0 Å². The summed E-state index contributed by atoms with van der Waals surface area (Å²) in [4.78, 5) is 22.4. The maximum atomic E-state index is 11.3. The monoisotopic (exact) mass is 234 g/mol. The fourth-order valence-electron chi connectivity index (χ4n) is 1.24. The SMILES string of the molecule is CCOC(=O)C(=O)C=Cc1ccccc1OC. The van der Waals surface area contributed by atoms with Gasteiger partial charge in [0, 0.05) is 5.56 Å². The quantitative estimate of drug-likeness (QED) is 0.443. The van der Waals surface area contributed by atoms with Crippen LogP contribution in [0.15, 0.2) is 30.3 Å². The van der Waals surface area contributed by atoms with E-state index >= 15 is 0 Å². The van der Waals surface area contributed by atoms with Crippen LogP contribution in [0.25, 0.3) is 6.08 Å². The maximum Gasteiger partial charge on any atom is 0.379 e. The molecule has 1 aromatic rings. The van der Waals surface area contributed by atoms with E-state index in [9.17, 15) is 9.59 Å². The zero-order chi connectivity index (χ0) is 12.7. The molecule has 0 saturated heterocycles. The highest BCUT2D eigenvalue weighted by Gasteiger charge is 2.10. The topological polar surface area (TPSA) is 52.6 Å². The van der Waals surface area contributed by atoms with Crippen molar-refractivity contribution in [2.24, 2.45) is 0 Å². The lowest BCUT2D eigenvalue weighted by Gasteiger charge is -2.02. The van der Waals surface area contributed by atoms with Crippen LogP contribution in [0.2, 0.25) is 0 Å². The predicted octanol–water partition coefficient (Wildman–Crippen LogP) is 1.84. The van der Waals surface area contributed by atoms with Crippen molar-refractivity contribution >= 4 is 17.8 Å². The summed E-state index contributed by atoms with van der Waals surface area (Å²) < 4.78 is 9.68. The van der Waals surface area contributed by atoms with E-state index in [2.05, 4.69) is 4.74 Å². The minimum Gasteiger partial charge on any atom is -0.496 e. The summed E-state index contributed by atoms with van der Waals surface area (Å²) in [6.07, 6.45) is 2.70. The van der Waals surface area contributed by atoms with Crippen molar-refractivity contribution < 1.29 is 19.1 Å². The summed E-state index contributed by atoms with van der Waals surface area (Å²) in [6.45, 7) is 1.84. The van der Waals surface area contributed by atoms with Crippen LogP contribution in [0.5, 0.6) is 5.75 Å². The van der Waals surface area contributed by atoms with Gasteiger partial charge in [-0.05, 0) is 25.1 Å². The Balaban J connectivity index is 2.76. The van der Waals surface area contributed by atoms with Gasteiger partial charge in [-0.2, -0.15) is 0 Å². The number of ether oxygens (including phenoxy) is 2. The Morgan fingerprint density at radius 3 is 2.65 bits per heavy atom. The highest BCUT2D eigenvalue weighted by atomic mass is 16.5. The van der Waals surface area contributed by atoms with E-state index < -0.39 is 11.8 Å². The number of para-hydroxylation sites is 1. The van der Waals surface area contributed by atoms with Gasteiger partial charge in [-0.1, -0.05) is 18.2 Å². The summed E-state index contributed by atoms with van der Waals surface area (Å²) in [6, 6.07) is 7.20. The molecule has 1 aromatic carbocycles. The van der Waals surface area contributed by atoms with Crippen LogP contribution in [0.1, 0.15) is 12.5 Å². The van der Waals surface area contributed by atoms with Crippen LogP contribution in [-0.4, -0.2) is 25.5 Å². The molecule has 0 bridgehead atoms. The van der Waals surface area contributed by atoms with Crippen molar-refractivity contribution in [2.45, 2.75) is 6.92 Å². The van der Waals surface area contributed by atoms with Crippen LogP contribution >= 0.6 is 0 Å². The van der Waals surface area contributed by atoms with E-state index in [1.807, 2.05) is 12.1 Å². The third-order valence-electron chi connectivity index (χ3n) is 2.03. The summed E-state index contributed by atoms with van der Waals surface area (Å²) in [5.74, 6) is -0.892. The Hall–Kier alpha value is -2.10. The molecule has 0 aliphatic carbocycles. The molecule has 0 aromatic heterocycles. The Labute approximate surface area is 99.8 Å². The maximum absolute atomic E-state index is 11.3. The van der Waals surface area contributed by atoms with Gasteiger partial charge in [-0.3, -0.25) is 4.79 Å². The number of carbonyl (C=O) groups excluding carboxylic acids is 2. The highest BCUT2D eigenvalue weighted by Crippen LogP contribution is 2.18. The number of ketones is 1. The van der Waals surface area contributed by atoms with Crippen LogP contribution in [0.4, 0.5) is 0 Å². The minimum absolute atomic E-state index is 0.188. The Kier molecular flexibility index (Phi) is 4.94. The summed E-state index contributed by atoms with van der Waals surface area (Å²) in [5, 5.41) is 0. The number of benzene rings is 1. The lowest BCUT2D eigenvalue weighted by atomic mass is 10.1. The van der Waals surface area contributed by atoms with E-state index in [0.717, 1.165) is 5.56 Å². The van der Waals surface area contributed by atoms with E-state index in [1.165, 1.54) is 12.2 Å². The Morgan fingerprint density at radius 1 is 1.29 bits per heavy atom. The number of hydrogen-bond donors (Lipinski definition) is 0. The van der Waals surface area contributed by atoms with E-state index in [4.69, 9.17) is 4.74 Å². The van der Waals surface area contributed by atoms with Gasteiger partial charge in [0.25, 0.3) is 5.78 Å². The normalized spacial score (nSPS) is 10.2. The average molecular weight is 234 g/mol. The molecule has 0 aliphatic rings. The lowest BCUT2D eigenvalue weighted by Crippen LogP contribution is -2.14. The molecular weight excluding hydrogens is 220 g/mol. The molecule has 0 saturated carbocycles. The number of methoxy groups -OCH3 is 1. The zero-order valence-corrected chi connectivity index (χ0v) is 9.80. The van der Waals surface area contributed by atoms with Gasteiger partial charge in [0.2, 0.25) is 0 Å². The molecule has 90 valence electrons. The highest BCUT2D eigenvalue weighted by molar-refractivity contribution is 6.39. The van der Waals surface area contributed by atoms with Gasteiger partial charge in [-0.25, -0.2) is 4.79 Å². The second kappa shape index (κ2) is 6.48. The second-order valence-electron chi connectivity index (χ2n) is 3.16. The summed E-state index contributed by atoms with van der Waals surface area (Å²) >= 11 is 0. The van der Waals surface area contributed by atoms with E-state index in [0.29, 0.717) is 5.75 Å². The molecule has 0 unspecified atom stereocenters. The van der Waals surface area contributed by atoms with Crippen molar-refractivity contribution in [3.8, 4) is 5.75 Å². The van der Waals surface area contributed by atoms with Gasteiger partial charge in [0.1, 0.15) is 5.75 Å².